The fourth-order valence-corrected chi connectivity index (χ4v) is 1.78. The van der Waals surface area contributed by atoms with E-state index < -0.39 is 5.91 Å². The second-order valence-corrected chi connectivity index (χ2v) is 4.62. The maximum Gasteiger partial charge on any atom is 0.277 e. The van der Waals surface area contributed by atoms with Crippen LogP contribution in [0.15, 0.2) is 17.4 Å². The van der Waals surface area contributed by atoms with Crippen LogP contribution in [0.1, 0.15) is 16.2 Å². The average molecular weight is 284 g/mol. The minimum atomic E-state index is -0.413. The molecule has 2 N–H and O–H groups in total. The van der Waals surface area contributed by atoms with Gasteiger partial charge in [-0.2, -0.15) is 5.10 Å². The molecule has 0 saturated carbocycles. The highest BCUT2D eigenvalue weighted by Gasteiger charge is 2.15. The number of carbonyl (C=O) groups is 1. The number of amides is 1. The van der Waals surface area contributed by atoms with Crippen molar-refractivity contribution in [2.24, 2.45) is 0 Å². The normalized spacial score (nSPS) is 10.4. The van der Waals surface area contributed by atoms with E-state index in [-0.39, 0.29) is 10.7 Å². The topological polar surface area (TPSA) is 83.6 Å². The molecule has 2 rings (SSSR count). The predicted octanol–water partition coefficient (Wildman–Crippen LogP) is 2.14. The number of anilines is 1. The van der Waals surface area contributed by atoms with E-state index in [0.29, 0.717) is 11.0 Å². The molecule has 2 heterocycles. The minimum Gasteiger partial charge on any atom is -0.304 e. The lowest BCUT2D eigenvalue weighted by Gasteiger charge is -2.04. The van der Waals surface area contributed by atoms with E-state index >= 15 is 0 Å². The highest BCUT2D eigenvalue weighted by molar-refractivity contribution is 7.98. The highest BCUT2D eigenvalue weighted by Crippen LogP contribution is 2.17. The molecule has 6 nitrogen and oxygen atoms in total. The first-order valence-corrected chi connectivity index (χ1v) is 6.60. The minimum absolute atomic E-state index is 0.136. The zero-order valence-corrected chi connectivity index (χ0v) is 11.3. The summed E-state index contributed by atoms with van der Waals surface area (Å²) in [7, 11) is 0. The number of carbonyl (C=O) groups excluding carboxylic acids is 1. The molecule has 0 radical (unpaired) electrons. The van der Waals surface area contributed by atoms with Crippen molar-refractivity contribution in [3.63, 3.8) is 0 Å². The third kappa shape index (κ3) is 2.80. The molecule has 0 aliphatic rings. The molecule has 2 aromatic rings. The van der Waals surface area contributed by atoms with Crippen LogP contribution in [-0.4, -0.2) is 32.3 Å². The molecule has 0 aliphatic carbocycles. The molecular weight excluding hydrogens is 274 g/mol. The molecule has 2 aromatic heterocycles. The highest BCUT2D eigenvalue weighted by atomic mass is 35.5. The van der Waals surface area contributed by atoms with E-state index in [9.17, 15) is 4.79 Å². The Balaban J connectivity index is 2.23. The fourth-order valence-electron chi connectivity index (χ4n) is 1.27. The average Bonchev–Trinajstić information content (AvgIpc) is 2.75. The lowest BCUT2D eigenvalue weighted by Crippen LogP contribution is -2.15. The van der Waals surface area contributed by atoms with Gasteiger partial charge < -0.3 is 5.32 Å². The van der Waals surface area contributed by atoms with Crippen molar-refractivity contribution in [3.8, 4) is 0 Å². The summed E-state index contributed by atoms with van der Waals surface area (Å²) in [4.78, 5) is 20.0. The first-order chi connectivity index (χ1) is 8.60. The van der Waals surface area contributed by atoms with Crippen molar-refractivity contribution >= 4 is 35.1 Å². The van der Waals surface area contributed by atoms with Gasteiger partial charge in [0.15, 0.2) is 16.7 Å². The summed E-state index contributed by atoms with van der Waals surface area (Å²) in [5.41, 5.74) is 0.987. The number of nitrogens with zero attached hydrogens (tertiary/aromatic N) is 3. The summed E-state index contributed by atoms with van der Waals surface area (Å²) in [6.07, 6.45) is 3.23. The van der Waals surface area contributed by atoms with Gasteiger partial charge in [-0.3, -0.25) is 9.89 Å². The summed E-state index contributed by atoms with van der Waals surface area (Å²) >= 11 is 7.23. The van der Waals surface area contributed by atoms with Gasteiger partial charge in [-0.05, 0) is 13.2 Å². The SMILES string of the molecule is CSc1ncc(Cl)c(C(=O)Nc2cc(C)[nH]n2)n1. The molecular formula is C10H10ClN5OS. The summed E-state index contributed by atoms with van der Waals surface area (Å²) in [5, 5.41) is 9.93. The third-order valence-electron chi connectivity index (χ3n) is 2.07. The maximum absolute atomic E-state index is 12.0. The van der Waals surface area contributed by atoms with Gasteiger partial charge in [0.1, 0.15) is 0 Å². The van der Waals surface area contributed by atoms with Crippen LogP contribution in [0.3, 0.4) is 0 Å². The number of thioether (sulfide) groups is 1. The maximum atomic E-state index is 12.0. The molecule has 94 valence electrons. The van der Waals surface area contributed by atoms with Crippen LogP contribution in [0.5, 0.6) is 0 Å². The van der Waals surface area contributed by atoms with Gasteiger partial charge in [-0.1, -0.05) is 23.4 Å². The lowest BCUT2D eigenvalue weighted by atomic mass is 10.3. The van der Waals surface area contributed by atoms with Crippen LogP contribution in [0.2, 0.25) is 5.02 Å². The number of aromatic amines is 1. The van der Waals surface area contributed by atoms with Gasteiger partial charge in [0, 0.05) is 11.8 Å². The summed E-state index contributed by atoms with van der Waals surface area (Å²) < 4.78 is 0. The van der Waals surface area contributed by atoms with Gasteiger partial charge in [-0.25, -0.2) is 9.97 Å². The van der Waals surface area contributed by atoms with E-state index in [0.717, 1.165) is 5.69 Å². The van der Waals surface area contributed by atoms with E-state index in [1.54, 1.807) is 6.07 Å². The van der Waals surface area contributed by atoms with E-state index in [2.05, 4.69) is 25.5 Å². The standard InChI is InChI=1S/C10H10ClN5OS/c1-5-3-7(16-15-5)13-9(17)8-6(11)4-12-10(14-8)18-2/h3-4H,1-2H3,(H2,13,15,16,17). The largest absolute Gasteiger partial charge is 0.304 e. The third-order valence-corrected chi connectivity index (χ3v) is 2.91. The fraction of sp³-hybridized carbons (Fsp3) is 0.200. The lowest BCUT2D eigenvalue weighted by molar-refractivity contribution is 0.102. The molecule has 0 unspecified atom stereocenters. The Hall–Kier alpha value is -1.60. The number of aromatic nitrogens is 4. The van der Waals surface area contributed by atoms with Gasteiger partial charge in [0.2, 0.25) is 0 Å². The smallest absolute Gasteiger partial charge is 0.277 e. The number of hydrogen-bond acceptors (Lipinski definition) is 5. The Morgan fingerprint density at radius 2 is 2.33 bits per heavy atom. The van der Waals surface area contributed by atoms with Crippen LogP contribution in [0, 0.1) is 6.92 Å². The van der Waals surface area contributed by atoms with Crippen molar-refractivity contribution in [2.75, 3.05) is 11.6 Å². The van der Waals surface area contributed by atoms with Gasteiger partial charge >= 0.3 is 0 Å². The molecule has 18 heavy (non-hydrogen) atoms. The predicted molar refractivity (Wildman–Crippen MR) is 70.1 cm³/mol. The van der Waals surface area contributed by atoms with Crippen molar-refractivity contribution in [2.45, 2.75) is 12.1 Å². The number of aryl methyl sites for hydroxylation is 1. The van der Waals surface area contributed by atoms with Crippen molar-refractivity contribution in [1.82, 2.24) is 20.2 Å². The van der Waals surface area contributed by atoms with Crippen LogP contribution >= 0.6 is 23.4 Å². The van der Waals surface area contributed by atoms with Crippen molar-refractivity contribution < 1.29 is 4.79 Å². The van der Waals surface area contributed by atoms with Crippen LogP contribution in [0.4, 0.5) is 5.82 Å². The Kier molecular flexibility index (Phi) is 3.83. The Bertz CT molecular complexity index is 585. The number of halogens is 1. The monoisotopic (exact) mass is 283 g/mol. The zero-order valence-electron chi connectivity index (χ0n) is 9.69. The van der Waals surface area contributed by atoms with Crippen LogP contribution in [-0.2, 0) is 0 Å². The first-order valence-electron chi connectivity index (χ1n) is 5.00. The van der Waals surface area contributed by atoms with Crippen molar-refractivity contribution in [3.05, 3.63) is 28.7 Å². The summed E-state index contributed by atoms with van der Waals surface area (Å²) in [6.45, 7) is 1.84. The van der Waals surface area contributed by atoms with Gasteiger partial charge in [0.05, 0.1) is 11.2 Å². The molecule has 8 heteroatoms. The molecule has 0 aliphatic heterocycles. The van der Waals surface area contributed by atoms with E-state index in [1.165, 1.54) is 18.0 Å². The van der Waals surface area contributed by atoms with Gasteiger partial charge in [-0.15, -0.1) is 0 Å². The molecule has 0 aromatic carbocycles. The molecule has 0 spiro atoms. The van der Waals surface area contributed by atoms with Crippen LogP contribution < -0.4 is 5.32 Å². The molecule has 0 bridgehead atoms. The number of H-pyrrole nitrogens is 1. The van der Waals surface area contributed by atoms with Crippen molar-refractivity contribution in [1.29, 1.82) is 0 Å². The molecule has 1 amide bonds. The number of rotatable bonds is 3. The zero-order chi connectivity index (χ0) is 13.1. The Labute approximate surface area is 113 Å². The molecule has 0 fully saturated rings. The number of hydrogen-bond donors (Lipinski definition) is 2. The summed E-state index contributed by atoms with van der Waals surface area (Å²) in [5.74, 6) is 0.0158. The van der Waals surface area contributed by atoms with E-state index in [4.69, 9.17) is 11.6 Å². The molecule has 0 saturated heterocycles. The van der Waals surface area contributed by atoms with Crippen LogP contribution in [0.25, 0.3) is 0 Å². The molecule has 0 atom stereocenters. The van der Waals surface area contributed by atoms with E-state index in [1.807, 2.05) is 13.2 Å². The quantitative estimate of drug-likeness (QED) is 0.666. The van der Waals surface area contributed by atoms with Gasteiger partial charge in [0.25, 0.3) is 5.91 Å². The Morgan fingerprint density at radius 1 is 1.56 bits per heavy atom. The number of nitrogens with one attached hydrogen (secondary N) is 2. The summed E-state index contributed by atoms with van der Waals surface area (Å²) in [6, 6.07) is 1.71. The second-order valence-electron chi connectivity index (χ2n) is 3.44. The second kappa shape index (κ2) is 5.36. The Morgan fingerprint density at radius 3 is 2.94 bits per heavy atom. The first kappa shape index (κ1) is 12.8.